The van der Waals surface area contributed by atoms with Crippen LogP contribution in [0.15, 0.2) is 18.3 Å². The molecule has 0 aromatic carbocycles. The topological polar surface area (TPSA) is 24.9 Å². The summed E-state index contributed by atoms with van der Waals surface area (Å²) in [5.74, 6) is 0.799. The number of halogens is 1. The molecule has 1 aliphatic rings. The molecule has 1 aliphatic heterocycles. The molecule has 2 heterocycles. The number of rotatable bonds is 2. The van der Waals surface area contributed by atoms with Crippen molar-refractivity contribution in [3.05, 3.63) is 29.0 Å². The molecule has 1 N–H and O–H groups in total. The third-order valence-corrected chi connectivity index (χ3v) is 2.40. The maximum Gasteiger partial charge on any atom is 0.129 e. The first-order valence-electron chi connectivity index (χ1n) is 4.16. The van der Waals surface area contributed by atoms with Gasteiger partial charge in [0.2, 0.25) is 0 Å². The standard InChI is InChI=1S/C9H11ClN2/c10-9-2-1-7(6-12-9)3-8-4-11-5-8/h1-2,6,8,11H,3-5H2. The van der Waals surface area contributed by atoms with Gasteiger partial charge in [0.25, 0.3) is 0 Å². The molecule has 1 aromatic rings. The predicted molar refractivity (Wildman–Crippen MR) is 49.3 cm³/mol. The van der Waals surface area contributed by atoms with Crippen LogP contribution in [0.2, 0.25) is 5.15 Å². The number of hydrogen-bond acceptors (Lipinski definition) is 2. The second kappa shape index (κ2) is 3.42. The van der Waals surface area contributed by atoms with Crippen molar-refractivity contribution in [3.63, 3.8) is 0 Å². The molecule has 2 nitrogen and oxygen atoms in total. The molecule has 0 unspecified atom stereocenters. The molecule has 64 valence electrons. The van der Waals surface area contributed by atoms with E-state index < -0.39 is 0 Å². The number of nitrogens with one attached hydrogen (secondary N) is 1. The van der Waals surface area contributed by atoms with Crippen LogP contribution in [0.1, 0.15) is 5.56 Å². The van der Waals surface area contributed by atoms with E-state index in [2.05, 4.69) is 10.3 Å². The zero-order valence-corrected chi connectivity index (χ0v) is 7.51. The van der Waals surface area contributed by atoms with Gasteiger partial charge in [0.15, 0.2) is 0 Å². The summed E-state index contributed by atoms with van der Waals surface area (Å²) in [4.78, 5) is 4.04. The fourth-order valence-corrected chi connectivity index (χ4v) is 1.47. The molecule has 0 radical (unpaired) electrons. The maximum absolute atomic E-state index is 5.67. The average Bonchev–Trinajstić information content (AvgIpc) is 2.00. The second-order valence-corrected chi connectivity index (χ2v) is 3.60. The van der Waals surface area contributed by atoms with Gasteiger partial charge in [0.05, 0.1) is 0 Å². The van der Waals surface area contributed by atoms with Crippen molar-refractivity contribution < 1.29 is 0 Å². The highest BCUT2D eigenvalue weighted by Crippen LogP contribution is 2.13. The van der Waals surface area contributed by atoms with E-state index in [1.807, 2.05) is 18.3 Å². The van der Waals surface area contributed by atoms with E-state index in [4.69, 9.17) is 11.6 Å². The van der Waals surface area contributed by atoms with Crippen molar-refractivity contribution >= 4 is 11.6 Å². The molecule has 1 aromatic heterocycles. The van der Waals surface area contributed by atoms with Gasteiger partial charge in [-0.1, -0.05) is 17.7 Å². The van der Waals surface area contributed by atoms with Crippen LogP contribution < -0.4 is 5.32 Å². The minimum absolute atomic E-state index is 0.575. The number of pyridine rings is 1. The molecule has 1 fully saturated rings. The van der Waals surface area contributed by atoms with Gasteiger partial charge in [-0.3, -0.25) is 0 Å². The van der Waals surface area contributed by atoms with Crippen molar-refractivity contribution in [3.8, 4) is 0 Å². The Morgan fingerprint density at radius 2 is 2.33 bits per heavy atom. The lowest BCUT2D eigenvalue weighted by Gasteiger charge is -2.26. The van der Waals surface area contributed by atoms with Gasteiger partial charge in [-0.05, 0) is 37.1 Å². The number of hydrogen-bond donors (Lipinski definition) is 1. The van der Waals surface area contributed by atoms with Gasteiger partial charge in [0, 0.05) is 6.20 Å². The second-order valence-electron chi connectivity index (χ2n) is 3.22. The van der Waals surface area contributed by atoms with Gasteiger partial charge in [-0.15, -0.1) is 0 Å². The average molecular weight is 183 g/mol. The zero-order valence-electron chi connectivity index (χ0n) is 6.76. The molecule has 0 saturated carbocycles. The van der Waals surface area contributed by atoms with Crippen LogP contribution in [-0.2, 0) is 6.42 Å². The summed E-state index contributed by atoms with van der Waals surface area (Å²) in [6.07, 6.45) is 2.98. The van der Waals surface area contributed by atoms with E-state index in [0.29, 0.717) is 5.15 Å². The van der Waals surface area contributed by atoms with Crippen molar-refractivity contribution in [2.45, 2.75) is 6.42 Å². The third-order valence-electron chi connectivity index (χ3n) is 2.18. The molecule has 12 heavy (non-hydrogen) atoms. The molecule has 0 atom stereocenters. The van der Waals surface area contributed by atoms with Crippen molar-refractivity contribution in [2.24, 2.45) is 5.92 Å². The predicted octanol–water partition coefficient (Wildman–Crippen LogP) is 1.50. The normalized spacial score (nSPS) is 17.4. The maximum atomic E-state index is 5.67. The molecule has 3 heteroatoms. The first-order valence-corrected chi connectivity index (χ1v) is 4.53. The smallest absolute Gasteiger partial charge is 0.129 e. The lowest BCUT2D eigenvalue weighted by Crippen LogP contribution is -2.43. The Morgan fingerprint density at radius 3 is 2.83 bits per heavy atom. The van der Waals surface area contributed by atoms with E-state index in [1.54, 1.807) is 0 Å². The Hall–Kier alpha value is -0.600. The summed E-state index contributed by atoms with van der Waals surface area (Å²) >= 11 is 5.67. The summed E-state index contributed by atoms with van der Waals surface area (Å²) in [5, 5.41) is 3.82. The first kappa shape index (κ1) is 8.02. The fourth-order valence-electron chi connectivity index (χ4n) is 1.35. The Labute approximate surface area is 77.0 Å². The van der Waals surface area contributed by atoms with E-state index >= 15 is 0 Å². The minimum Gasteiger partial charge on any atom is -0.316 e. The van der Waals surface area contributed by atoms with E-state index in [1.165, 1.54) is 5.56 Å². The van der Waals surface area contributed by atoms with Crippen molar-refractivity contribution in [2.75, 3.05) is 13.1 Å². The van der Waals surface area contributed by atoms with Crippen LogP contribution in [0, 0.1) is 5.92 Å². The Bertz CT molecular complexity index is 254. The first-order chi connectivity index (χ1) is 5.84. The SMILES string of the molecule is Clc1ccc(CC2CNC2)cn1. The summed E-state index contributed by atoms with van der Waals surface area (Å²) in [6, 6.07) is 3.90. The van der Waals surface area contributed by atoms with Crippen LogP contribution in [0.25, 0.3) is 0 Å². The summed E-state index contributed by atoms with van der Waals surface area (Å²) in [7, 11) is 0. The zero-order chi connectivity index (χ0) is 8.39. The highest BCUT2D eigenvalue weighted by molar-refractivity contribution is 6.29. The van der Waals surface area contributed by atoms with Gasteiger partial charge < -0.3 is 5.32 Å². The summed E-state index contributed by atoms with van der Waals surface area (Å²) < 4.78 is 0. The number of nitrogens with zero attached hydrogens (tertiary/aromatic N) is 1. The summed E-state index contributed by atoms with van der Waals surface area (Å²) in [5.41, 5.74) is 1.28. The van der Waals surface area contributed by atoms with Gasteiger partial charge in [-0.25, -0.2) is 4.98 Å². The lowest BCUT2D eigenvalue weighted by atomic mass is 9.95. The third kappa shape index (κ3) is 1.76. The van der Waals surface area contributed by atoms with Crippen LogP contribution >= 0.6 is 11.6 Å². The molecule has 0 aliphatic carbocycles. The van der Waals surface area contributed by atoms with Gasteiger partial charge in [0.1, 0.15) is 5.15 Å². The molecular formula is C9H11ClN2. The van der Waals surface area contributed by atoms with E-state index in [9.17, 15) is 0 Å². The lowest BCUT2D eigenvalue weighted by molar-refractivity contribution is 0.346. The molecule has 0 amide bonds. The minimum atomic E-state index is 0.575. The van der Waals surface area contributed by atoms with Crippen LogP contribution in [0.3, 0.4) is 0 Å². The molecule has 0 spiro atoms. The highest BCUT2D eigenvalue weighted by atomic mass is 35.5. The molecule has 1 saturated heterocycles. The van der Waals surface area contributed by atoms with Gasteiger partial charge in [-0.2, -0.15) is 0 Å². The summed E-state index contributed by atoms with van der Waals surface area (Å²) in [6.45, 7) is 2.28. The largest absolute Gasteiger partial charge is 0.316 e. The molecule has 0 bridgehead atoms. The van der Waals surface area contributed by atoms with Crippen molar-refractivity contribution in [1.82, 2.24) is 10.3 Å². The Balaban J connectivity index is 1.98. The van der Waals surface area contributed by atoms with Crippen LogP contribution in [0.5, 0.6) is 0 Å². The molecule has 2 rings (SSSR count). The van der Waals surface area contributed by atoms with Gasteiger partial charge >= 0.3 is 0 Å². The number of aromatic nitrogens is 1. The van der Waals surface area contributed by atoms with E-state index in [0.717, 1.165) is 25.4 Å². The fraction of sp³-hybridized carbons (Fsp3) is 0.444. The Kier molecular flexibility index (Phi) is 2.28. The van der Waals surface area contributed by atoms with Crippen molar-refractivity contribution in [1.29, 1.82) is 0 Å². The highest BCUT2D eigenvalue weighted by Gasteiger charge is 2.16. The monoisotopic (exact) mass is 182 g/mol. The molecular weight excluding hydrogens is 172 g/mol. The van der Waals surface area contributed by atoms with E-state index in [-0.39, 0.29) is 0 Å². The van der Waals surface area contributed by atoms with Crippen LogP contribution in [-0.4, -0.2) is 18.1 Å². The van der Waals surface area contributed by atoms with Crippen LogP contribution in [0.4, 0.5) is 0 Å². The quantitative estimate of drug-likeness (QED) is 0.702. The Morgan fingerprint density at radius 1 is 1.50 bits per heavy atom.